The fourth-order valence-corrected chi connectivity index (χ4v) is 2.04. The Hall–Kier alpha value is -1.33. The van der Waals surface area contributed by atoms with Crippen molar-refractivity contribution in [1.29, 1.82) is 0 Å². The number of benzene rings is 2. The second-order valence-electron chi connectivity index (χ2n) is 3.79. The molecule has 0 saturated carbocycles. The first kappa shape index (κ1) is 13.1. The van der Waals surface area contributed by atoms with Crippen molar-refractivity contribution in [2.45, 2.75) is 6.04 Å². The standard InChI is InChI=1S/C13H9BrF3N/c14-9-6-7(4-5-10(9)15)13(18)8-2-1-3-11(16)12(8)17/h1-6,13H,18H2. The first-order valence-electron chi connectivity index (χ1n) is 5.15. The van der Waals surface area contributed by atoms with Gasteiger partial charge in [0.2, 0.25) is 0 Å². The van der Waals surface area contributed by atoms with E-state index in [1.165, 1.54) is 30.3 Å². The molecule has 0 aliphatic heterocycles. The van der Waals surface area contributed by atoms with Gasteiger partial charge in [-0.05, 0) is 39.7 Å². The first-order chi connectivity index (χ1) is 8.50. The lowest BCUT2D eigenvalue weighted by atomic mass is 9.99. The lowest BCUT2D eigenvalue weighted by Crippen LogP contribution is -2.14. The summed E-state index contributed by atoms with van der Waals surface area (Å²) in [6, 6.07) is 7.06. The Labute approximate surface area is 111 Å². The second kappa shape index (κ2) is 5.12. The molecule has 0 amide bonds. The molecule has 0 heterocycles. The van der Waals surface area contributed by atoms with E-state index in [1.807, 2.05) is 0 Å². The number of hydrogen-bond donors (Lipinski definition) is 1. The van der Waals surface area contributed by atoms with Crippen LogP contribution in [0.4, 0.5) is 13.2 Å². The molecule has 1 atom stereocenters. The van der Waals surface area contributed by atoms with Crippen molar-refractivity contribution in [2.75, 3.05) is 0 Å². The summed E-state index contributed by atoms with van der Waals surface area (Å²) in [6.07, 6.45) is 0. The molecule has 2 aromatic rings. The summed E-state index contributed by atoms with van der Waals surface area (Å²) in [5, 5.41) is 0. The van der Waals surface area contributed by atoms with Gasteiger partial charge in [0.05, 0.1) is 10.5 Å². The molecule has 94 valence electrons. The molecule has 2 N–H and O–H groups in total. The third-order valence-corrected chi connectivity index (χ3v) is 3.23. The molecule has 0 aliphatic rings. The van der Waals surface area contributed by atoms with Crippen LogP contribution in [0.5, 0.6) is 0 Å². The van der Waals surface area contributed by atoms with Crippen LogP contribution in [-0.2, 0) is 0 Å². The molecule has 5 heteroatoms. The lowest BCUT2D eigenvalue weighted by Gasteiger charge is -2.14. The van der Waals surface area contributed by atoms with Crippen LogP contribution in [0.25, 0.3) is 0 Å². The van der Waals surface area contributed by atoms with Crippen molar-refractivity contribution in [2.24, 2.45) is 5.73 Å². The normalized spacial score (nSPS) is 12.5. The number of halogens is 4. The minimum absolute atomic E-state index is 0.0357. The molecule has 0 saturated heterocycles. The molecule has 0 radical (unpaired) electrons. The largest absolute Gasteiger partial charge is 0.320 e. The monoisotopic (exact) mass is 315 g/mol. The van der Waals surface area contributed by atoms with Crippen LogP contribution in [-0.4, -0.2) is 0 Å². The van der Waals surface area contributed by atoms with E-state index in [0.29, 0.717) is 5.56 Å². The van der Waals surface area contributed by atoms with E-state index in [-0.39, 0.29) is 10.0 Å². The summed E-state index contributed by atoms with van der Waals surface area (Å²) in [5.74, 6) is -2.37. The van der Waals surface area contributed by atoms with Crippen LogP contribution < -0.4 is 5.73 Å². The minimum atomic E-state index is -0.981. The zero-order valence-electron chi connectivity index (χ0n) is 9.13. The molecule has 1 nitrogen and oxygen atoms in total. The summed E-state index contributed by atoms with van der Waals surface area (Å²) >= 11 is 3.02. The molecule has 0 aliphatic carbocycles. The van der Waals surface area contributed by atoms with Gasteiger partial charge in [0, 0.05) is 5.56 Å². The van der Waals surface area contributed by atoms with E-state index in [4.69, 9.17) is 5.73 Å². The fraction of sp³-hybridized carbons (Fsp3) is 0.0769. The van der Waals surface area contributed by atoms with Crippen LogP contribution in [0.15, 0.2) is 40.9 Å². The highest BCUT2D eigenvalue weighted by molar-refractivity contribution is 9.10. The van der Waals surface area contributed by atoms with E-state index < -0.39 is 23.5 Å². The van der Waals surface area contributed by atoms with Crippen molar-refractivity contribution < 1.29 is 13.2 Å². The molecular weight excluding hydrogens is 307 g/mol. The van der Waals surface area contributed by atoms with E-state index in [1.54, 1.807) is 0 Å². The quantitative estimate of drug-likeness (QED) is 0.893. The van der Waals surface area contributed by atoms with Crippen molar-refractivity contribution in [1.82, 2.24) is 0 Å². The van der Waals surface area contributed by atoms with Gasteiger partial charge >= 0.3 is 0 Å². The molecular formula is C13H9BrF3N. The Morgan fingerprint density at radius 1 is 1.00 bits per heavy atom. The molecule has 1 unspecified atom stereocenters. The molecule has 0 spiro atoms. The number of hydrogen-bond acceptors (Lipinski definition) is 1. The summed E-state index contributed by atoms with van der Waals surface area (Å²) in [5.41, 5.74) is 6.38. The number of rotatable bonds is 2. The Balaban J connectivity index is 2.44. The van der Waals surface area contributed by atoms with Gasteiger partial charge in [0.15, 0.2) is 11.6 Å². The summed E-state index contributed by atoms with van der Waals surface area (Å²) in [4.78, 5) is 0. The van der Waals surface area contributed by atoms with Gasteiger partial charge < -0.3 is 5.73 Å². The molecule has 0 aromatic heterocycles. The zero-order valence-corrected chi connectivity index (χ0v) is 10.7. The van der Waals surface area contributed by atoms with Gasteiger partial charge in [-0.1, -0.05) is 18.2 Å². The smallest absolute Gasteiger partial charge is 0.163 e. The van der Waals surface area contributed by atoms with Gasteiger partial charge in [-0.2, -0.15) is 0 Å². The van der Waals surface area contributed by atoms with Crippen molar-refractivity contribution in [3.8, 4) is 0 Å². The van der Waals surface area contributed by atoms with Gasteiger partial charge in [-0.25, -0.2) is 13.2 Å². The Morgan fingerprint density at radius 2 is 1.72 bits per heavy atom. The highest BCUT2D eigenvalue weighted by atomic mass is 79.9. The topological polar surface area (TPSA) is 26.0 Å². The van der Waals surface area contributed by atoms with Crippen molar-refractivity contribution in [3.63, 3.8) is 0 Å². The highest BCUT2D eigenvalue weighted by Crippen LogP contribution is 2.26. The predicted molar refractivity (Wildman–Crippen MR) is 66.5 cm³/mol. The zero-order chi connectivity index (χ0) is 13.3. The van der Waals surface area contributed by atoms with Crippen LogP contribution >= 0.6 is 15.9 Å². The Bertz CT molecular complexity index is 586. The number of nitrogens with two attached hydrogens (primary N) is 1. The van der Waals surface area contributed by atoms with Gasteiger partial charge in [-0.3, -0.25) is 0 Å². The van der Waals surface area contributed by atoms with Crippen molar-refractivity contribution in [3.05, 3.63) is 69.4 Å². The lowest BCUT2D eigenvalue weighted by molar-refractivity contribution is 0.494. The van der Waals surface area contributed by atoms with Crippen LogP contribution in [0, 0.1) is 17.5 Å². The molecule has 0 fully saturated rings. The Morgan fingerprint density at radius 3 is 2.39 bits per heavy atom. The summed E-state index contributed by atoms with van der Waals surface area (Å²) in [6.45, 7) is 0. The fourth-order valence-electron chi connectivity index (χ4n) is 1.65. The average Bonchev–Trinajstić information content (AvgIpc) is 2.35. The highest BCUT2D eigenvalue weighted by Gasteiger charge is 2.17. The Kier molecular flexibility index (Phi) is 3.73. The maximum Gasteiger partial charge on any atom is 0.163 e. The minimum Gasteiger partial charge on any atom is -0.320 e. The first-order valence-corrected chi connectivity index (χ1v) is 5.94. The average molecular weight is 316 g/mol. The van der Waals surface area contributed by atoms with E-state index >= 15 is 0 Å². The van der Waals surface area contributed by atoms with Crippen LogP contribution in [0.2, 0.25) is 0 Å². The van der Waals surface area contributed by atoms with Gasteiger partial charge in [-0.15, -0.1) is 0 Å². The summed E-state index contributed by atoms with van der Waals surface area (Å²) < 4.78 is 40.0. The van der Waals surface area contributed by atoms with E-state index in [2.05, 4.69) is 15.9 Å². The third-order valence-electron chi connectivity index (χ3n) is 2.62. The SMILES string of the molecule is NC(c1ccc(F)c(Br)c1)c1cccc(F)c1F. The van der Waals surface area contributed by atoms with Crippen LogP contribution in [0.1, 0.15) is 17.2 Å². The van der Waals surface area contributed by atoms with Gasteiger partial charge in [0.25, 0.3) is 0 Å². The molecule has 2 rings (SSSR count). The molecule has 2 aromatic carbocycles. The van der Waals surface area contributed by atoms with E-state index in [9.17, 15) is 13.2 Å². The van der Waals surface area contributed by atoms with Gasteiger partial charge in [0.1, 0.15) is 5.82 Å². The van der Waals surface area contributed by atoms with E-state index in [0.717, 1.165) is 6.07 Å². The van der Waals surface area contributed by atoms with Crippen molar-refractivity contribution >= 4 is 15.9 Å². The molecule has 0 bridgehead atoms. The maximum absolute atomic E-state index is 13.6. The maximum atomic E-state index is 13.6. The predicted octanol–water partition coefficient (Wildman–Crippen LogP) is 3.91. The molecule has 18 heavy (non-hydrogen) atoms. The summed E-state index contributed by atoms with van der Waals surface area (Å²) in [7, 11) is 0. The van der Waals surface area contributed by atoms with Crippen LogP contribution in [0.3, 0.4) is 0 Å². The third kappa shape index (κ3) is 2.42. The second-order valence-corrected chi connectivity index (χ2v) is 4.65.